The van der Waals surface area contributed by atoms with Gasteiger partial charge in [-0.3, -0.25) is 9.78 Å². The zero-order chi connectivity index (χ0) is 22.1. The number of nitrogens with zero attached hydrogens (tertiary/aromatic N) is 4. The third kappa shape index (κ3) is 6.30. The molecule has 0 saturated carbocycles. The summed E-state index contributed by atoms with van der Waals surface area (Å²) in [7, 11) is 1.62. The number of amides is 1. The van der Waals surface area contributed by atoms with Crippen molar-refractivity contribution in [2.24, 2.45) is 5.92 Å². The molecule has 8 heteroatoms. The van der Waals surface area contributed by atoms with E-state index in [1.807, 2.05) is 18.2 Å². The minimum Gasteiger partial charge on any atom is -0.493 e. The molecule has 1 aromatic heterocycles. The topological polar surface area (TPSA) is 79.8 Å². The number of anilines is 2. The Morgan fingerprint density at radius 2 is 2.10 bits per heavy atom. The summed E-state index contributed by atoms with van der Waals surface area (Å²) in [6.07, 6.45) is 6.87. The Hall–Kier alpha value is -2.87. The summed E-state index contributed by atoms with van der Waals surface area (Å²) in [5.41, 5.74) is 0.709. The zero-order valence-corrected chi connectivity index (χ0v) is 18.7. The average Bonchev–Trinajstić information content (AvgIpc) is 2.82. The first-order valence-electron chi connectivity index (χ1n) is 11.0. The molecule has 31 heavy (non-hydrogen) atoms. The Morgan fingerprint density at radius 3 is 2.81 bits per heavy atom. The number of hydrogen-bond donors (Lipinski definition) is 1. The first-order valence-corrected chi connectivity index (χ1v) is 11.0. The number of methoxy groups -OCH3 is 1. The van der Waals surface area contributed by atoms with Crippen LogP contribution in [0.5, 0.6) is 11.5 Å². The third-order valence-electron chi connectivity index (χ3n) is 5.66. The number of aromatic nitrogens is 2. The molecular weight excluding hydrogens is 394 g/mol. The van der Waals surface area contributed by atoms with Crippen LogP contribution in [0.15, 0.2) is 36.8 Å². The minimum atomic E-state index is -0.107. The van der Waals surface area contributed by atoms with Crippen LogP contribution in [-0.2, 0) is 4.79 Å². The molecule has 2 aromatic rings. The predicted molar refractivity (Wildman–Crippen MR) is 122 cm³/mol. The second-order valence-corrected chi connectivity index (χ2v) is 7.58. The lowest BCUT2D eigenvalue weighted by Gasteiger charge is -2.32. The second-order valence-electron chi connectivity index (χ2n) is 7.58. The lowest BCUT2D eigenvalue weighted by atomic mass is 9.97. The highest BCUT2D eigenvalue weighted by Crippen LogP contribution is 2.31. The fourth-order valence-corrected chi connectivity index (χ4v) is 3.79. The lowest BCUT2D eigenvalue weighted by molar-refractivity contribution is -0.120. The van der Waals surface area contributed by atoms with Gasteiger partial charge in [0.1, 0.15) is 12.4 Å². The van der Waals surface area contributed by atoms with Crippen LogP contribution >= 0.6 is 0 Å². The van der Waals surface area contributed by atoms with Crippen molar-refractivity contribution in [1.29, 1.82) is 0 Å². The van der Waals surface area contributed by atoms with Crippen molar-refractivity contribution in [3.05, 3.63) is 36.8 Å². The first kappa shape index (κ1) is 22.8. The second kappa shape index (κ2) is 11.5. The highest BCUT2D eigenvalue weighted by Gasteiger charge is 2.27. The molecule has 1 amide bonds. The monoisotopic (exact) mass is 427 g/mol. The van der Waals surface area contributed by atoms with E-state index < -0.39 is 0 Å². The Kier molecular flexibility index (Phi) is 8.46. The van der Waals surface area contributed by atoms with E-state index in [1.54, 1.807) is 25.7 Å². The van der Waals surface area contributed by atoms with Crippen LogP contribution < -0.4 is 19.7 Å². The number of rotatable bonds is 10. The molecule has 0 spiro atoms. The van der Waals surface area contributed by atoms with Gasteiger partial charge in [0.25, 0.3) is 0 Å². The SMILES string of the molecule is CCN(CC)CCOc1cc(NC(=O)C2CCCN(c3cnccn3)C2)ccc1OC. The fraction of sp³-hybridized carbons (Fsp3) is 0.522. The predicted octanol–water partition coefficient (Wildman–Crippen LogP) is 3.06. The number of piperidine rings is 1. The smallest absolute Gasteiger partial charge is 0.229 e. The highest BCUT2D eigenvalue weighted by atomic mass is 16.5. The van der Waals surface area contributed by atoms with Gasteiger partial charge in [-0.05, 0) is 38.1 Å². The number of carbonyl (C=O) groups is 1. The summed E-state index contributed by atoms with van der Waals surface area (Å²) < 4.78 is 11.4. The summed E-state index contributed by atoms with van der Waals surface area (Å²) in [6, 6.07) is 5.51. The van der Waals surface area contributed by atoms with E-state index in [0.717, 1.165) is 44.8 Å². The molecule has 8 nitrogen and oxygen atoms in total. The third-order valence-corrected chi connectivity index (χ3v) is 5.66. The van der Waals surface area contributed by atoms with Crippen molar-refractivity contribution in [2.75, 3.05) is 56.7 Å². The van der Waals surface area contributed by atoms with Crippen LogP contribution in [0.1, 0.15) is 26.7 Å². The van der Waals surface area contributed by atoms with Crippen molar-refractivity contribution in [3.8, 4) is 11.5 Å². The van der Waals surface area contributed by atoms with Crippen molar-refractivity contribution in [2.45, 2.75) is 26.7 Å². The van der Waals surface area contributed by atoms with Gasteiger partial charge in [0.05, 0.1) is 19.2 Å². The Morgan fingerprint density at radius 1 is 1.26 bits per heavy atom. The molecule has 3 rings (SSSR count). The van der Waals surface area contributed by atoms with Gasteiger partial charge < -0.3 is 24.6 Å². The Balaban J connectivity index is 1.61. The molecule has 1 unspecified atom stereocenters. The molecule has 1 fully saturated rings. The summed E-state index contributed by atoms with van der Waals surface area (Å²) >= 11 is 0. The largest absolute Gasteiger partial charge is 0.493 e. The van der Waals surface area contributed by atoms with Gasteiger partial charge in [-0.25, -0.2) is 4.98 Å². The van der Waals surface area contributed by atoms with E-state index in [9.17, 15) is 4.79 Å². The van der Waals surface area contributed by atoms with E-state index in [1.165, 1.54) is 0 Å². The Labute approximate surface area is 184 Å². The molecule has 2 heterocycles. The van der Waals surface area contributed by atoms with Crippen LogP contribution in [0.2, 0.25) is 0 Å². The minimum absolute atomic E-state index is 0.00727. The maximum Gasteiger partial charge on any atom is 0.229 e. The summed E-state index contributed by atoms with van der Waals surface area (Å²) in [5, 5.41) is 3.05. The molecular formula is C23H33N5O3. The van der Waals surface area contributed by atoms with Crippen LogP contribution in [0.3, 0.4) is 0 Å². The average molecular weight is 428 g/mol. The molecule has 1 aliphatic heterocycles. The number of ether oxygens (including phenoxy) is 2. The lowest BCUT2D eigenvalue weighted by Crippen LogP contribution is -2.41. The molecule has 0 radical (unpaired) electrons. The van der Waals surface area contributed by atoms with E-state index in [4.69, 9.17) is 9.47 Å². The van der Waals surface area contributed by atoms with Crippen molar-refractivity contribution in [3.63, 3.8) is 0 Å². The molecule has 168 valence electrons. The van der Waals surface area contributed by atoms with Crippen molar-refractivity contribution in [1.82, 2.24) is 14.9 Å². The number of benzene rings is 1. The van der Waals surface area contributed by atoms with E-state index >= 15 is 0 Å². The van der Waals surface area contributed by atoms with E-state index in [2.05, 4.69) is 38.9 Å². The fourth-order valence-electron chi connectivity index (χ4n) is 3.79. The number of nitrogens with one attached hydrogen (secondary N) is 1. The van der Waals surface area contributed by atoms with E-state index in [0.29, 0.717) is 30.3 Å². The van der Waals surface area contributed by atoms with Crippen LogP contribution in [0.4, 0.5) is 11.5 Å². The molecule has 1 N–H and O–H groups in total. The van der Waals surface area contributed by atoms with Crippen molar-refractivity contribution >= 4 is 17.4 Å². The first-order chi connectivity index (χ1) is 15.1. The van der Waals surface area contributed by atoms with Gasteiger partial charge in [-0.1, -0.05) is 13.8 Å². The molecule has 0 aliphatic carbocycles. The molecule has 1 aliphatic rings. The zero-order valence-electron chi connectivity index (χ0n) is 18.7. The van der Waals surface area contributed by atoms with Crippen molar-refractivity contribution < 1.29 is 14.3 Å². The van der Waals surface area contributed by atoms with Gasteiger partial charge in [0.15, 0.2) is 11.5 Å². The van der Waals surface area contributed by atoms with Gasteiger partial charge in [-0.2, -0.15) is 0 Å². The maximum atomic E-state index is 12.9. The summed E-state index contributed by atoms with van der Waals surface area (Å²) in [4.78, 5) is 25.9. The normalized spacial score (nSPS) is 16.3. The maximum absolute atomic E-state index is 12.9. The molecule has 1 atom stereocenters. The summed E-state index contributed by atoms with van der Waals surface area (Å²) in [5.74, 6) is 2.01. The molecule has 1 saturated heterocycles. The van der Waals surface area contributed by atoms with Crippen LogP contribution in [0, 0.1) is 5.92 Å². The molecule has 0 bridgehead atoms. The van der Waals surface area contributed by atoms with Crippen LogP contribution in [-0.4, -0.2) is 67.2 Å². The number of carbonyl (C=O) groups excluding carboxylic acids is 1. The Bertz CT molecular complexity index is 829. The van der Waals surface area contributed by atoms with Gasteiger partial charge >= 0.3 is 0 Å². The van der Waals surface area contributed by atoms with Gasteiger partial charge in [0, 0.05) is 43.8 Å². The highest BCUT2D eigenvalue weighted by molar-refractivity contribution is 5.93. The van der Waals surface area contributed by atoms with E-state index in [-0.39, 0.29) is 11.8 Å². The summed E-state index contributed by atoms with van der Waals surface area (Å²) in [6.45, 7) is 9.16. The number of hydrogen-bond acceptors (Lipinski definition) is 7. The number of likely N-dealkylation sites (N-methyl/N-ethyl adjacent to an activating group) is 1. The molecule has 1 aromatic carbocycles. The standard InChI is InChI=1S/C23H33N5O3/c1-4-27(5-2)13-14-31-21-15-19(8-9-20(21)30-3)26-23(29)18-7-6-12-28(17-18)22-16-24-10-11-25-22/h8-11,15-16,18H,4-7,12-14,17H2,1-3H3,(H,26,29). The van der Waals surface area contributed by atoms with Crippen LogP contribution in [0.25, 0.3) is 0 Å². The quantitative estimate of drug-likeness (QED) is 0.624. The van der Waals surface area contributed by atoms with Gasteiger partial charge in [0.2, 0.25) is 5.91 Å². The van der Waals surface area contributed by atoms with Gasteiger partial charge in [-0.15, -0.1) is 0 Å².